The number of aromatic nitrogens is 2. The Morgan fingerprint density at radius 2 is 2.08 bits per heavy atom. The summed E-state index contributed by atoms with van der Waals surface area (Å²) >= 11 is 0. The maximum atomic E-state index is 12.3. The van der Waals surface area contributed by atoms with Crippen LogP contribution in [0.5, 0.6) is 0 Å². The molecule has 2 aromatic heterocycles. The number of ether oxygens (including phenoxy) is 1. The van der Waals surface area contributed by atoms with Crippen LogP contribution in [-0.4, -0.2) is 39.3 Å². The van der Waals surface area contributed by atoms with E-state index in [2.05, 4.69) is 4.98 Å². The molecule has 1 atom stereocenters. The minimum absolute atomic E-state index is 0.0360. The number of esters is 1. The number of benzene rings is 1. The Balaban J connectivity index is 1.33. The normalized spacial score (nSPS) is 17.0. The number of pyridine rings is 1. The molecule has 1 aromatic carbocycles. The first-order valence-electron chi connectivity index (χ1n) is 8.59. The first-order chi connectivity index (χ1) is 12.7. The van der Waals surface area contributed by atoms with E-state index in [0.717, 1.165) is 11.1 Å². The SMILES string of the molecule is O=C(OCC1CC(=O)N(Cc2ccccc2)C1)c1ccn2cncc2c1. The lowest BCUT2D eigenvalue weighted by molar-refractivity contribution is -0.128. The van der Waals surface area contributed by atoms with Crippen LogP contribution in [-0.2, 0) is 16.1 Å². The number of hydrogen-bond donors (Lipinski definition) is 0. The number of carbonyl (C=O) groups is 2. The van der Waals surface area contributed by atoms with Crippen molar-refractivity contribution < 1.29 is 14.3 Å². The molecule has 0 aliphatic carbocycles. The summed E-state index contributed by atoms with van der Waals surface area (Å²) in [5.74, 6) is -0.230. The zero-order valence-electron chi connectivity index (χ0n) is 14.2. The van der Waals surface area contributed by atoms with E-state index in [0.29, 0.717) is 25.1 Å². The molecule has 6 nitrogen and oxygen atoms in total. The molecule has 0 bridgehead atoms. The number of amides is 1. The van der Waals surface area contributed by atoms with Gasteiger partial charge in [-0.3, -0.25) is 4.79 Å². The lowest BCUT2D eigenvalue weighted by Crippen LogP contribution is -2.25. The van der Waals surface area contributed by atoms with E-state index < -0.39 is 0 Å². The molecule has 3 aromatic rings. The molecule has 0 saturated carbocycles. The van der Waals surface area contributed by atoms with Crippen LogP contribution >= 0.6 is 0 Å². The van der Waals surface area contributed by atoms with Crippen molar-refractivity contribution in [3.05, 3.63) is 72.3 Å². The van der Waals surface area contributed by atoms with Crippen molar-refractivity contribution in [1.82, 2.24) is 14.3 Å². The topological polar surface area (TPSA) is 63.9 Å². The average molecular weight is 349 g/mol. The van der Waals surface area contributed by atoms with Gasteiger partial charge in [-0.2, -0.15) is 0 Å². The van der Waals surface area contributed by atoms with Crippen LogP contribution in [0.15, 0.2) is 61.2 Å². The third kappa shape index (κ3) is 3.44. The summed E-state index contributed by atoms with van der Waals surface area (Å²) in [5.41, 5.74) is 2.43. The molecule has 0 N–H and O–H groups in total. The van der Waals surface area contributed by atoms with Crippen molar-refractivity contribution in [2.75, 3.05) is 13.2 Å². The minimum Gasteiger partial charge on any atom is -0.462 e. The third-order valence-corrected chi connectivity index (χ3v) is 4.61. The van der Waals surface area contributed by atoms with E-state index in [1.807, 2.05) is 39.6 Å². The predicted octanol–water partition coefficient (Wildman–Crippen LogP) is 2.54. The van der Waals surface area contributed by atoms with Crippen LogP contribution in [0.2, 0.25) is 0 Å². The van der Waals surface area contributed by atoms with Crippen LogP contribution < -0.4 is 0 Å². The number of carbonyl (C=O) groups excluding carboxylic acids is 2. The second-order valence-electron chi connectivity index (χ2n) is 6.57. The second kappa shape index (κ2) is 7.00. The number of nitrogens with zero attached hydrogens (tertiary/aromatic N) is 3. The molecular weight excluding hydrogens is 330 g/mol. The van der Waals surface area contributed by atoms with Gasteiger partial charge in [0, 0.05) is 31.6 Å². The Labute approximate surface area is 151 Å². The standard InChI is InChI=1S/C20H19N3O3/c24-19-8-16(12-23(19)11-15-4-2-1-3-5-15)13-26-20(25)17-6-7-22-14-21-10-18(22)9-17/h1-7,9-10,14,16H,8,11-13H2. The summed E-state index contributed by atoms with van der Waals surface area (Å²) < 4.78 is 7.26. The summed E-state index contributed by atoms with van der Waals surface area (Å²) in [6.07, 6.45) is 5.56. The minimum atomic E-state index is -0.373. The number of hydrogen-bond acceptors (Lipinski definition) is 4. The fourth-order valence-corrected chi connectivity index (χ4v) is 3.25. The molecular formula is C20H19N3O3. The highest BCUT2D eigenvalue weighted by Crippen LogP contribution is 2.21. The van der Waals surface area contributed by atoms with Crippen molar-refractivity contribution in [3.8, 4) is 0 Å². The molecule has 3 heterocycles. The zero-order chi connectivity index (χ0) is 17.9. The summed E-state index contributed by atoms with van der Waals surface area (Å²) in [5, 5.41) is 0. The van der Waals surface area contributed by atoms with Gasteiger partial charge in [0.1, 0.15) is 0 Å². The Morgan fingerprint density at radius 1 is 1.23 bits per heavy atom. The number of fused-ring (bicyclic) bond motifs is 1. The molecule has 1 saturated heterocycles. The zero-order valence-corrected chi connectivity index (χ0v) is 14.2. The molecule has 6 heteroatoms. The van der Waals surface area contributed by atoms with E-state index >= 15 is 0 Å². The third-order valence-electron chi connectivity index (χ3n) is 4.61. The summed E-state index contributed by atoms with van der Waals surface area (Å²) in [4.78, 5) is 30.3. The van der Waals surface area contributed by atoms with Crippen molar-refractivity contribution in [3.63, 3.8) is 0 Å². The molecule has 0 spiro atoms. The molecule has 1 aliphatic heterocycles. The van der Waals surface area contributed by atoms with Gasteiger partial charge in [-0.15, -0.1) is 0 Å². The van der Waals surface area contributed by atoms with Gasteiger partial charge in [-0.1, -0.05) is 30.3 Å². The number of imidazole rings is 1. The second-order valence-corrected chi connectivity index (χ2v) is 6.57. The van der Waals surface area contributed by atoms with Crippen LogP contribution in [0.4, 0.5) is 0 Å². The molecule has 1 fully saturated rings. The van der Waals surface area contributed by atoms with E-state index in [9.17, 15) is 9.59 Å². The summed E-state index contributed by atoms with van der Waals surface area (Å²) in [6.45, 7) is 1.46. The maximum Gasteiger partial charge on any atom is 0.338 e. The quantitative estimate of drug-likeness (QED) is 0.664. The molecule has 1 unspecified atom stereocenters. The van der Waals surface area contributed by atoms with Crippen LogP contribution in [0, 0.1) is 5.92 Å². The Hall–Kier alpha value is -3.15. The van der Waals surface area contributed by atoms with Crippen molar-refractivity contribution >= 4 is 17.4 Å². The highest BCUT2D eigenvalue weighted by atomic mass is 16.5. The predicted molar refractivity (Wildman–Crippen MR) is 95.4 cm³/mol. The largest absolute Gasteiger partial charge is 0.462 e. The number of likely N-dealkylation sites (tertiary alicyclic amines) is 1. The maximum absolute atomic E-state index is 12.3. The van der Waals surface area contributed by atoms with Crippen molar-refractivity contribution in [1.29, 1.82) is 0 Å². The highest BCUT2D eigenvalue weighted by molar-refractivity contribution is 5.90. The van der Waals surface area contributed by atoms with E-state index in [4.69, 9.17) is 4.74 Å². The summed E-state index contributed by atoms with van der Waals surface area (Å²) in [7, 11) is 0. The Morgan fingerprint density at radius 3 is 2.92 bits per heavy atom. The van der Waals surface area contributed by atoms with Gasteiger partial charge in [0.25, 0.3) is 0 Å². The van der Waals surface area contributed by atoms with E-state index in [1.54, 1.807) is 30.9 Å². The van der Waals surface area contributed by atoms with Gasteiger partial charge in [-0.05, 0) is 17.7 Å². The first kappa shape index (κ1) is 16.3. The van der Waals surface area contributed by atoms with Gasteiger partial charge >= 0.3 is 5.97 Å². The van der Waals surface area contributed by atoms with Gasteiger partial charge < -0.3 is 14.0 Å². The van der Waals surface area contributed by atoms with Gasteiger partial charge in [-0.25, -0.2) is 9.78 Å². The van der Waals surface area contributed by atoms with E-state index in [1.165, 1.54) is 0 Å². The lowest BCUT2D eigenvalue weighted by Gasteiger charge is -2.16. The van der Waals surface area contributed by atoms with Crippen molar-refractivity contribution in [2.45, 2.75) is 13.0 Å². The fraction of sp³-hybridized carbons (Fsp3) is 0.250. The van der Waals surface area contributed by atoms with E-state index in [-0.39, 0.29) is 24.4 Å². The van der Waals surface area contributed by atoms with Gasteiger partial charge in [0.15, 0.2) is 0 Å². The molecule has 0 radical (unpaired) electrons. The molecule has 132 valence electrons. The van der Waals surface area contributed by atoms with Crippen LogP contribution in [0.25, 0.3) is 5.52 Å². The first-order valence-corrected chi connectivity index (χ1v) is 8.59. The number of rotatable bonds is 5. The van der Waals surface area contributed by atoms with Crippen molar-refractivity contribution in [2.24, 2.45) is 5.92 Å². The Kier molecular flexibility index (Phi) is 4.39. The smallest absolute Gasteiger partial charge is 0.338 e. The van der Waals surface area contributed by atoms with Crippen LogP contribution in [0.3, 0.4) is 0 Å². The molecule has 1 aliphatic rings. The van der Waals surface area contributed by atoms with Gasteiger partial charge in [0.2, 0.25) is 5.91 Å². The average Bonchev–Trinajstić information content (AvgIpc) is 3.26. The molecule has 1 amide bonds. The molecule has 26 heavy (non-hydrogen) atoms. The summed E-state index contributed by atoms with van der Waals surface area (Å²) in [6, 6.07) is 13.4. The van der Waals surface area contributed by atoms with Crippen LogP contribution in [0.1, 0.15) is 22.3 Å². The van der Waals surface area contributed by atoms with Gasteiger partial charge in [0.05, 0.1) is 30.2 Å². The highest BCUT2D eigenvalue weighted by Gasteiger charge is 2.30. The monoisotopic (exact) mass is 349 g/mol. The molecule has 4 rings (SSSR count). The fourth-order valence-electron chi connectivity index (χ4n) is 3.25. The lowest BCUT2D eigenvalue weighted by atomic mass is 10.1. The Bertz CT molecular complexity index is 936.